The fourth-order valence-electron chi connectivity index (χ4n) is 1.21. The second-order valence-electron chi connectivity index (χ2n) is 3.58. The van der Waals surface area contributed by atoms with Gasteiger partial charge in [0.1, 0.15) is 13.2 Å². The summed E-state index contributed by atoms with van der Waals surface area (Å²) in [6.07, 6.45) is 0.0151. The average Bonchev–Trinajstić information content (AvgIpc) is 2.70. The Bertz CT molecular complexity index is 436. The molecule has 0 saturated heterocycles. The van der Waals surface area contributed by atoms with Crippen molar-refractivity contribution in [2.45, 2.75) is 19.4 Å². The minimum atomic E-state index is -2.56. The van der Waals surface area contributed by atoms with Crippen LogP contribution in [0.15, 0.2) is 12.4 Å². The van der Waals surface area contributed by atoms with Gasteiger partial charge in [0.25, 0.3) is 6.43 Å². The van der Waals surface area contributed by atoms with E-state index in [-0.39, 0.29) is 19.6 Å². The van der Waals surface area contributed by atoms with Gasteiger partial charge in [-0.15, -0.1) is 0 Å². The first kappa shape index (κ1) is 15.0. The van der Waals surface area contributed by atoms with Gasteiger partial charge in [0, 0.05) is 6.20 Å². The summed E-state index contributed by atoms with van der Waals surface area (Å²) in [6.45, 7) is -1.13. The zero-order valence-corrected chi connectivity index (χ0v) is 9.88. The molecule has 0 unspecified atom stereocenters. The van der Waals surface area contributed by atoms with Crippen LogP contribution in [0.3, 0.4) is 0 Å². The summed E-state index contributed by atoms with van der Waals surface area (Å²) in [5.74, 6) is -1.48. The Kier molecular flexibility index (Phi) is 5.86. The van der Waals surface area contributed by atoms with Crippen molar-refractivity contribution in [1.82, 2.24) is 9.78 Å². The van der Waals surface area contributed by atoms with E-state index >= 15 is 0 Å². The third-order valence-electron chi connectivity index (χ3n) is 1.93. The van der Waals surface area contributed by atoms with Crippen molar-refractivity contribution in [2.75, 3.05) is 18.5 Å². The number of amides is 1. The number of aromatic nitrogens is 2. The van der Waals surface area contributed by atoms with Crippen LogP contribution in [0.1, 0.15) is 6.42 Å². The molecule has 2 N–H and O–H groups in total. The maximum atomic E-state index is 11.7. The van der Waals surface area contributed by atoms with Crippen molar-refractivity contribution in [2.24, 2.45) is 0 Å². The van der Waals surface area contributed by atoms with Crippen LogP contribution in [0.2, 0.25) is 0 Å². The summed E-state index contributed by atoms with van der Waals surface area (Å²) in [5, 5.41) is 14.7. The predicted molar refractivity (Wildman–Crippen MR) is 59.9 cm³/mol. The van der Waals surface area contributed by atoms with E-state index in [2.05, 4.69) is 15.2 Å². The molecule has 0 aromatic carbocycles. The molecule has 0 aliphatic carbocycles. The molecular weight excluding hydrogens is 264 g/mol. The number of nitrogens with one attached hydrogen (secondary N) is 1. The largest absolute Gasteiger partial charge is 0.480 e. The molecular formula is C10H13F2N3O4. The SMILES string of the molecule is O=C(O)Cn1cc(NC(=O)CCOCC(F)F)cn1. The Morgan fingerprint density at radius 1 is 1.53 bits per heavy atom. The number of alkyl halides is 2. The molecule has 7 nitrogen and oxygen atoms in total. The van der Waals surface area contributed by atoms with Gasteiger partial charge < -0.3 is 15.2 Å². The fourth-order valence-corrected chi connectivity index (χ4v) is 1.21. The number of halogens is 2. The molecule has 0 fully saturated rings. The summed E-state index contributed by atoms with van der Waals surface area (Å²) >= 11 is 0. The zero-order valence-electron chi connectivity index (χ0n) is 9.88. The summed E-state index contributed by atoms with van der Waals surface area (Å²) in [5.41, 5.74) is 0.333. The van der Waals surface area contributed by atoms with Crippen LogP contribution in [0, 0.1) is 0 Å². The first-order chi connectivity index (χ1) is 8.97. The molecule has 0 aliphatic rings. The highest BCUT2D eigenvalue weighted by molar-refractivity contribution is 5.90. The quantitative estimate of drug-likeness (QED) is 0.678. The van der Waals surface area contributed by atoms with Crippen LogP contribution in [-0.2, 0) is 20.9 Å². The lowest BCUT2D eigenvalue weighted by molar-refractivity contribution is -0.137. The third-order valence-corrected chi connectivity index (χ3v) is 1.93. The van der Waals surface area contributed by atoms with Gasteiger partial charge in [-0.05, 0) is 0 Å². The Hall–Kier alpha value is -2.03. The van der Waals surface area contributed by atoms with E-state index < -0.39 is 24.9 Å². The number of carbonyl (C=O) groups excluding carboxylic acids is 1. The van der Waals surface area contributed by atoms with Gasteiger partial charge >= 0.3 is 5.97 Å². The molecule has 0 saturated carbocycles. The Labute approximate surface area is 107 Å². The van der Waals surface area contributed by atoms with Gasteiger partial charge in [0.2, 0.25) is 5.91 Å². The van der Waals surface area contributed by atoms with Gasteiger partial charge in [0.15, 0.2) is 0 Å². The highest BCUT2D eigenvalue weighted by Crippen LogP contribution is 2.05. The number of carboxylic acid groups (broad SMARTS) is 1. The second-order valence-corrected chi connectivity index (χ2v) is 3.58. The van der Waals surface area contributed by atoms with Crippen LogP contribution in [0.5, 0.6) is 0 Å². The number of aliphatic carboxylic acids is 1. The molecule has 1 rings (SSSR count). The predicted octanol–water partition coefficient (Wildman–Crippen LogP) is 0.578. The van der Waals surface area contributed by atoms with Gasteiger partial charge in [-0.2, -0.15) is 5.10 Å². The monoisotopic (exact) mass is 277 g/mol. The van der Waals surface area contributed by atoms with E-state index in [9.17, 15) is 18.4 Å². The van der Waals surface area contributed by atoms with E-state index in [1.54, 1.807) is 0 Å². The Balaban J connectivity index is 2.28. The Morgan fingerprint density at radius 2 is 2.26 bits per heavy atom. The molecule has 9 heteroatoms. The molecule has 106 valence electrons. The molecule has 1 amide bonds. The number of hydrogen-bond acceptors (Lipinski definition) is 4. The van der Waals surface area contributed by atoms with E-state index in [4.69, 9.17) is 5.11 Å². The maximum Gasteiger partial charge on any atom is 0.325 e. The van der Waals surface area contributed by atoms with Gasteiger partial charge in [-0.25, -0.2) is 8.78 Å². The number of hydrogen-bond donors (Lipinski definition) is 2. The summed E-state index contributed by atoms with van der Waals surface area (Å²) < 4.78 is 29.2. The van der Waals surface area contributed by atoms with E-state index in [1.165, 1.54) is 12.4 Å². The van der Waals surface area contributed by atoms with Crippen molar-refractivity contribution >= 4 is 17.6 Å². The summed E-state index contributed by atoms with van der Waals surface area (Å²) in [4.78, 5) is 21.8. The molecule has 0 radical (unpaired) electrons. The first-order valence-electron chi connectivity index (χ1n) is 5.37. The molecule has 1 heterocycles. The van der Waals surface area contributed by atoms with Crippen molar-refractivity contribution < 1.29 is 28.2 Å². The van der Waals surface area contributed by atoms with Gasteiger partial charge in [0.05, 0.1) is 24.9 Å². The second kappa shape index (κ2) is 7.41. The van der Waals surface area contributed by atoms with E-state index in [0.717, 1.165) is 4.68 Å². The fraction of sp³-hybridized carbons (Fsp3) is 0.500. The van der Waals surface area contributed by atoms with Crippen molar-refractivity contribution in [3.63, 3.8) is 0 Å². The topological polar surface area (TPSA) is 93.5 Å². The van der Waals surface area contributed by atoms with Crippen LogP contribution < -0.4 is 5.32 Å². The average molecular weight is 277 g/mol. The normalized spacial score (nSPS) is 10.7. The highest BCUT2D eigenvalue weighted by Gasteiger charge is 2.07. The lowest BCUT2D eigenvalue weighted by atomic mass is 10.4. The number of carboxylic acids is 1. The number of rotatable bonds is 8. The van der Waals surface area contributed by atoms with E-state index in [0.29, 0.717) is 5.69 Å². The van der Waals surface area contributed by atoms with Crippen molar-refractivity contribution in [3.05, 3.63) is 12.4 Å². The van der Waals surface area contributed by atoms with Crippen LogP contribution in [0.4, 0.5) is 14.5 Å². The minimum absolute atomic E-state index is 0.0726. The Morgan fingerprint density at radius 3 is 2.89 bits per heavy atom. The molecule has 1 aromatic rings. The molecule has 0 atom stereocenters. The molecule has 0 spiro atoms. The highest BCUT2D eigenvalue weighted by atomic mass is 19.3. The lowest BCUT2D eigenvalue weighted by Crippen LogP contribution is -2.15. The third kappa shape index (κ3) is 6.46. The van der Waals surface area contributed by atoms with Crippen LogP contribution in [0.25, 0.3) is 0 Å². The van der Waals surface area contributed by atoms with Crippen LogP contribution in [-0.4, -0.2) is 46.4 Å². The number of carbonyl (C=O) groups is 2. The van der Waals surface area contributed by atoms with Crippen molar-refractivity contribution in [3.8, 4) is 0 Å². The standard InChI is InChI=1S/C10H13F2N3O4/c11-8(12)6-19-2-1-9(16)14-7-3-13-15(4-7)5-10(17)18/h3-4,8H,1-2,5-6H2,(H,14,16)(H,17,18). The molecule has 19 heavy (non-hydrogen) atoms. The molecule has 0 aliphatic heterocycles. The van der Waals surface area contributed by atoms with E-state index in [1.807, 2.05) is 0 Å². The molecule has 1 aromatic heterocycles. The zero-order chi connectivity index (χ0) is 14.3. The summed E-state index contributed by atoms with van der Waals surface area (Å²) in [7, 11) is 0. The van der Waals surface area contributed by atoms with Gasteiger partial charge in [-0.1, -0.05) is 0 Å². The molecule has 0 bridgehead atoms. The lowest BCUT2D eigenvalue weighted by Gasteiger charge is -2.03. The van der Waals surface area contributed by atoms with Crippen molar-refractivity contribution in [1.29, 1.82) is 0 Å². The first-order valence-corrected chi connectivity index (χ1v) is 5.37. The number of anilines is 1. The smallest absolute Gasteiger partial charge is 0.325 e. The van der Waals surface area contributed by atoms with Gasteiger partial charge in [-0.3, -0.25) is 14.3 Å². The minimum Gasteiger partial charge on any atom is -0.480 e. The number of nitrogens with zero attached hydrogens (tertiary/aromatic N) is 2. The maximum absolute atomic E-state index is 11.7. The van der Waals surface area contributed by atoms with Crippen LogP contribution >= 0.6 is 0 Å². The summed E-state index contributed by atoms with van der Waals surface area (Å²) in [6, 6.07) is 0. The number of ether oxygens (including phenoxy) is 1.